The van der Waals surface area contributed by atoms with E-state index in [0.29, 0.717) is 11.7 Å². The number of nitrogens with one attached hydrogen (secondary N) is 1. The summed E-state index contributed by atoms with van der Waals surface area (Å²) < 4.78 is 10.4. The zero-order valence-corrected chi connectivity index (χ0v) is 13.4. The molecule has 1 unspecified atom stereocenters. The van der Waals surface area contributed by atoms with Crippen LogP contribution in [0.1, 0.15) is 32.4 Å². The van der Waals surface area contributed by atoms with Gasteiger partial charge >= 0.3 is 5.97 Å². The summed E-state index contributed by atoms with van der Waals surface area (Å²) in [6.07, 6.45) is 3.85. The van der Waals surface area contributed by atoms with Crippen LogP contribution in [0.3, 0.4) is 0 Å². The molecule has 1 aliphatic carbocycles. The maximum Gasteiger partial charge on any atom is 0.327 e. The molecule has 0 saturated heterocycles. The summed E-state index contributed by atoms with van der Waals surface area (Å²) in [6, 6.07) is 2.19. The number of carbonyl (C=O) groups is 1. The SMILES string of the molecule is COC(=O)C(CSc1ccoc1C)(NC(C)C)C1CC1. The molecule has 1 heterocycles. The Balaban J connectivity index is 2.16. The second kappa shape index (κ2) is 6.22. The Hall–Kier alpha value is -0.940. The third kappa shape index (κ3) is 3.20. The molecule has 2 rings (SSSR count). The maximum absolute atomic E-state index is 12.4. The molecular weight excluding hydrogens is 274 g/mol. The van der Waals surface area contributed by atoms with Crippen molar-refractivity contribution < 1.29 is 13.9 Å². The number of aryl methyl sites for hydroxylation is 1. The number of hydrogen-bond acceptors (Lipinski definition) is 5. The van der Waals surface area contributed by atoms with Crippen LogP contribution in [0.15, 0.2) is 21.6 Å². The van der Waals surface area contributed by atoms with Gasteiger partial charge in [-0.05, 0) is 45.6 Å². The second-order valence-electron chi connectivity index (χ2n) is 5.67. The molecule has 0 aromatic carbocycles. The van der Waals surface area contributed by atoms with Crippen LogP contribution in [0.2, 0.25) is 0 Å². The van der Waals surface area contributed by atoms with Gasteiger partial charge in [-0.2, -0.15) is 0 Å². The molecule has 0 bridgehead atoms. The quantitative estimate of drug-likeness (QED) is 0.619. The van der Waals surface area contributed by atoms with Crippen molar-refractivity contribution in [3.8, 4) is 0 Å². The lowest BCUT2D eigenvalue weighted by molar-refractivity contribution is -0.148. The molecule has 112 valence electrons. The average Bonchev–Trinajstić information content (AvgIpc) is 3.17. The fraction of sp³-hybridized carbons (Fsp3) is 0.667. The van der Waals surface area contributed by atoms with E-state index < -0.39 is 5.54 Å². The molecule has 0 radical (unpaired) electrons. The second-order valence-corrected chi connectivity index (χ2v) is 6.68. The van der Waals surface area contributed by atoms with Crippen LogP contribution < -0.4 is 5.32 Å². The van der Waals surface area contributed by atoms with Gasteiger partial charge in [0.2, 0.25) is 0 Å². The molecule has 0 aliphatic heterocycles. The molecule has 1 N–H and O–H groups in total. The summed E-state index contributed by atoms with van der Waals surface area (Å²) >= 11 is 1.66. The molecule has 0 spiro atoms. The van der Waals surface area contributed by atoms with Gasteiger partial charge in [0.25, 0.3) is 0 Å². The number of esters is 1. The van der Waals surface area contributed by atoms with Crippen molar-refractivity contribution in [1.29, 1.82) is 0 Å². The zero-order chi connectivity index (χ0) is 14.8. The number of carbonyl (C=O) groups excluding carboxylic acids is 1. The highest BCUT2D eigenvalue weighted by Crippen LogP contribution is 2.43. The molecule has 1 fully saturated rings. The molecule has 1 atom stereocenters. The van der Waals surface area contributed by atoms with E-state index in [1.165, 1.54) is 7.11 Å². The third-order valence-electron chi connectivity index (χ3n) is 3.64. The summed E-state index contributed by atoms with van der Waals surface area (Å²) in [6.45, 7) is 6.07. The third-order valence-corrected chi connectivity index (χ3v) is 4.97. The van der Waals surface area contributed by atoms with Crippen molar-refractivity contribution in [3.63, 3.8) is 0 Å². The molecule has 1 aromatic rings. The van der Waals surface area contributed by atoms with Gasteiger partial charge in [0, 0.05) is 16.7 Å². The molecule has 4 nitrogen and oxygen atoms in total. The standard InChI is InChI=1S/C15H23NO3S/c1-10(2)16-15(12-5-6-12,14(17)18-4)9-20-13-7-8-19-11(13)3/h7-8,10,12,16H,5-6,9H2,1-4H3. The van der Waals surface area contributed by atoms with Crippen LogP contribution in [0.5, 0.6) is 0 Å². The first kappa shape index (κ1) is 15.4. The number of hydrogen-bond donors (Lipinski definition) is 1. The Morgan fingerprint density at radius 1 is 1.60 bits per heavy atom. The van der Waals surface area contributed by atoms with Gasteiger partial charge < -0.3 is 9.15 Å². The lowest BCUT2D eigenvalue weighted by Gasteiger charge is -2.34. The van der Waals surface area contributed by atoms with Gasteiger partial charge in [-0.25, -0.2) is 0 Å². The highest BCUT2D eigenvalue weighted by atomic mass is 32.2. The van der Waals surface area contributed by atoms with E-state index in [1.807, 2.05) is 13.0 Å². The summed E-state index contributed by atoms with van der Waals surface area (Å²) in [5, 5.41) is 3.46. The Kier molecular flexibility index (Phi) is 4.81. The first-order valence-corrected chi connectivity index (χ1v) is 8.01. The maximum atomic E-state index is 12.4. The summed E-state index contributed by atoms with van der Waals surface area (Å²) in [7, 11) is 1.47. The van der Waals surface area contributed by atoms with E-state index in [2.05, 4.69) is 19.2 Å². The van der Waals surface area contributed by atoms with Gasteiger partial charge in [0.05, 0.1) is 13.4 Å². The van der Waals surface area contributed by atoms with Crippen LogP contribution >= 0.6 is 11.8 Å². The van der Waals surface area contributed by atoms with E-state index in [0.717, 1.165) is 23.5 Å². The number of methoxy groups -OCH3 is 1. The predicted molar refractivity (Wildman–Crippen MR) is 79.9 cm³/mol. The van der Waals surface area contributed by atoms with Crippen LogP contribution in [0, 0.1) is 12.8 Å². The van der Waals surface area contributed by atoms with Crippen molar-refractivity contribution in [3.05, 3.63) is 18.1 Å². The van der Waals surface area contributed by atoms with E-state index >= 15 is 0 Å². The van der Waals surface area contributed by atoms with Crippen molar-refractivity contribution in [2.75, 3.05) is 12.9 Å². The van der Waals surface area contributed by atoms with Gasteiger partial charge in [-0.15, -0.1) is 11.8 Å². The van der Waals surface area contributed by atoms with Crippen LogP contribution in [0.4, 0.5) is 0 Å². The lowest BCUT2D eigenvalue weighted by Crippen LogP contribution is -2.59. The largest absolute Gasteiger partial charge is 0.468 e. The van der Waals surface area contributed by atoms with Crippen molar-refractivity contribution in [2.45, 2.75) is 50.1 Å². The number of ether oxygens (including phenoxy) is 1. The van der Waals surface area contributed by atoms with Gasteiger partial charge in [-0.1, -0.05) is 0 Å². The normalized spacial score (nSPS) is 18.1. The molecule has 1 aliphatic rings. The summed E-state index contributed by atoms with van der Waals surface area (Å²) in [5.74, 6) is 1.79. The highest BCUT2D eigenvalue weighted by Gasteiger charge is 2.52. The van der Waals surface area contributed by atoms with Gasteiger partial charge in [0.15, 0.2) is 0 Å². The minimum absolute atomic E-state index is 0.151. The first-order chi connectivity index (χ1) is 9.49. The van der Waals surface area contributed by atoms with Crippen molar-refractivity contribution in [1.82, 2.24) is 5.32 Å². The predicted octanol–water partition coefficient (Wildman–Crippen LogP) is 3.00. The Bertz CT molecular complexity index is 467. The number of thioether (sulfide) groups is 1. The molecule has 20 heavy (non-hydrogen) atoms. The van der Waals surface area contributed by atoms with E-state index in [1.54, 1.807) is 18.0 Å². The van der Waals surface area contributed by atoms with Crippen molar-refractivity contribution in [2.24, 2.45) is 5.92 Å². The monoisotopic (exact) mass is 297 g/mol. The van der Waals surface area contributed by atoms with E-state index in [4.69, 9.17) is 9.15 Å². The topological polar surface area (TPSA) is 51.5 Å². The van der Waals surface area contributed by atoms with E-state index in [9.17, 15) is 4.79 Å². The molecular formula is C15H23NO3S. The van der Waals surface area contributed by atoms with Crippen LogP contribution in [-0.4, -0.2) is 30.4 Å². The van der Waals surface area contributed by atoms with Crippen LogP contribution in [0.25, 0.3) is 0 Å². The molecule has 1 aromatic heterocycles. The fourth-order valence-electron chi connectivity index (χ4n) is 2.55. The van der Waals surface area contributed by atoms with Crippen molar-refractivity contribution >= 4 is 17.7 Å². The first-order valence-electron chi connectivity index (χ1n) is 7.02. The summed E-state index contributed by atoms with van der Waals surface area (Å²) in [5.41, 5.74) is -0.586. The van der Waals surface area contributed by atoms with Gasteiger partial charge in [-0.3, -0.25) is 10.1 Å². The smallest absolute Gasteiger partial charge is 0.327 e. The number of rotatable bonds is 7. The molecule has 0 amide bonds. The van der Waals surface area contributed by atoms with E-state index in [-0.39, 0.29) is 12.0 Å². The minimum atomic E-state index is -0.586. The average molecular weight is 297 g/mol. The van der Waals surface area contributed by atoms with Crippen LogP contribution in [-0.2, 0) is 9.53 Å². The number of furan rings is 1. The lowest BCUT2D eigenvalue weighted by atomic mass is 9.94. The minimum Gasteiger partial charge on any atom is -0.468 e. The Labute approximate surface area is 124 Å². The highest BCUT2D eigenvalue weighted by molar-refractivity contribution is 7.99. The Morgan fingerprint density at radius 2 is 2.30 bits per heavy atom. The molecule has 5 heteroatoms. The summed E-state index contributed by atoms with van der Waals surface area (Å²) in [4.78, 5) is 13.5. The fourth-order valence-corrected chi connectivity index (χ4v) is 3.77. The molecule has 1 saturated carbocycles. The Morgan fingerprint density at radius 3 is 2.75 bits per heavy atom. The zero-order valence-electron chi connectivity index (χ0n) is 12.6. The van der Waals surface area contributed by atoms with Gasteiger partial charge in [0.1, 0.15) is 11.3 Å².